The summed E-state index contributed by atoms with van der Waals surface area (Å²) in [6.45, 7) is 2.45. The van der Waals surface area contributed by atoms with E-state index >= 15 is 0 Å². The minimum absolute atomic E-state index is 0.128. The molecule has 0 saturated heterocycles. The first-order valence-corrected chi connectivity index (χ1v) is 6.14. The third kappa shape index (κ3) is 3.09. The van der Waals surface area contributed by atoms with E-state index in [1.807, 2.05) is 6.92 Å². The number of carboxylic acids is 1. The summed E-state index contributed by atoms with van der Waals surface area (Å²) in [4.78, 5) is 19.2. The van der Waals surface area contributed by atoms with Crippen LogP contribution in [0.25, 0.3) is 0 Å². The van der Waals surface area contributed by atoms with Crippen molar-refractivity contribution < 1.29 is 14.6 Å². The van der Waals surface area contributed by atoms with Crippen LogP contribution in [0.3, 0.4) is 0 Å². The monoisotopic (exact) mass is 251 g/mol. The lowest BCUT2D eigenvalue weighted by molar-refractivity contribution is -0.141. The quantitative estimate of drug-likeness (QED) is 0.825. The molecule has 0 bridgehead atoms. The molecule has 1 aliphatic rings. The molecule has 1 fully saturated rings. The molecule has 6 heteroatoms. The second kappa shape index (κ2) is 5.66. The molecule has 2 atom stereocenters. The van der Waals surface area contributed by atoms with Crippen LogP contribution < -0.4 is 10.1 Å². The summed E-state index contributed by atoms with van der Waals surface area (Å²) >= 11 is 0. The lowest BCUT2D eigenvalue weighted by Crippen LogP contribution is -2.19. The van der Waals surface area contributed by atoms with Gasteiger partial charge in [-0.15, -0.1) is 0 Å². The van der Waals surface area contributed by atoms with Gasteiger partial charge in [-0.2, -0.15) is 4.98 Å². The summed E-state index contributed by atoms with van der Waals surface area (Å²) in [6, 6.07) is 1.83. The molecule has 0 aromatic carbocycles. The van der Waals surface area contributed by atoms with E-state index in [-0.39, 0.29) is 12.0 Å². The maximum atomic E-state index is 10.9. The Hall–Kier alpha value is -1.85. The van der Waals surface area contributed by atoms with Crippen LogP contribution in [-0.2, 0) is 4.79 Å². The molecule has 18 heavy (non-hydrogen) atoms. The molecular formula is C12H17N3O3. The van der Waals surface area contributed by atoms with Crippen molar-refractivity contribution in [3.63, 3.8) is 0 Å². The van der Waals surface area contributed by atoms with Crippen LogP contribution in [-0.4, -0.2) is 33.7 Å². The SMILES string of the molecule is CCOc1ccnc(NC2CCC(C(=O)O)C2)n1. The van der Waals surface area contributed by atoms with Crippen LogP contribution in [0, 0.1) is 5.92 Å². The van der Waals surface area contributed by atoms with Crippen LogP contribution in [0.4, 0.5) is 5.95 Å². The van der Waals surface area contributed by atoms with Crippen LogP contribution in [0.2, 0.25) is 0 Å². The average Bonchev–Trinajstić information content (AvgIpc) is 2.78. The zero-order valence-electron chi connectivity index (χ0n) is 10.3. The molecule has 0 spiro atoms. The van der Waals surface area contributed by atoms with Crippen molar-refractivity contribution >= 4 is 11.9 Å². The summed E-state index contributed by atoms with van der Waals surface area (Å²) in [5, 5.41) is 12.1. The minimum atomic E-state index is -0.719. The van der Waals surface area contributed by atoms with Gasteiger partial charge in [0.25, 0.3) is 0 Å². The number of aromatic nitrogens is 2. The van der Waals surface area contributed by atoms with Gasteiger partial charge in [-0.1, -0.05) is 0 Å². The Balaban J connectivity index is 1.94. The lowest BCUT2D eigenvalue weighted by atomic mass is 10.1. The summed E-state index contributed by atoms with van der Waals surface area (Å²) in [6.07, 6.45) is 3.79. The fourth-order valence-electron chi connectivity index (χ4n) is 2.16. The van der Waals surface area contributed by atoms with Gasteiger partial charge in [0.05, 0.1) is 12.5 Å². The average molecular weight is 251 g/mol. The highest BCUT2D eigenvalue weighted by molar-refractivity contribution is 5.70. The van der Waals surface area contributed by atoms with E-state index in [4.69, 9.17) is 9.84 Å². The Morgan fingerprint density at radius 2 is 2.44 bits per heavy atom. The Morgan fingerprint density at radius 3 is 3.11 bits per heavy atom. The van der Waals surface area contributed by atoms with Crippen LogP contribution in [0.15, 0.2) is 12.3 Å². The number of ether oxygens (including phenoxy) is 1. The first kappa shape index (κ1) is 12.6. The van der Waals surface area contributed by atoms with Crippen molar-refractivity contribution in [1.29, 1.82) is 0 Å². The molecule has 2 rings (SSSR count). The van der Waals surface area contributed by atoms with Crippen LogP contribution in [0.1, 0.15) is 26.2 Å². The first-order chi connectivity index (χ1) is 8.69. The summed E-state index contributed by atoms with van der Waals surface area (Å²) in [5.41, 5.74) is 0. The maximum Gasteiger partial charge on any atom is 0.306 e. The van der Waals surface area contributed by atoms with Gasteiger partial charge >= 0.3 is 5.97 Å². The zero-order chi connectivity index (χ0) is 13.0. The molecule has 98 valence electrons. The van der Waals surface area contributed by atoms with E-state index in [0.29, 0.717) is 31.3 Å². The van der Waals surface area contributed by atoms with E-state index in [0.717, 1.165) is 6.42 Å². The largest absolute Gasteiger partial charge is 0.481 e. The molecule has 1 saturated carbocycles. The topological polar surface area (TPSA) is 84.3 Å². The van der Waals surface area contributed by atoms with Crippen molar-refractivity contribution in [2.24, 2.45) is 5.92 Å². The second-order valence-electron chi connectivity index (χ2n) is 4.34. The Bertz CT molecular complexity index is 425. The Kier molecular flexibility index (Phi) is 3.96. The van der Waals surface area contributed by atoms with E-state index < -0.39 is 5.97 Å². The Labute approximate surface area is 105 Å². The molecule has 2 unspecified atom stereocenters. The second-order valence-corrected chi connectivity index (χ2v) is 4.34. The molecule has 0 amide bonds. The van der Waals surface area contributed by atoms with Crippen molar-refractivity contribution in [3.05, 3.63) is 12.3 Å². The summed E-state index contributed by atoms with van der Waals surface area (Å²) in [7, 11) is 0. The van der Waals surface area contributed by atoms with Gasteiger partial charge in [-0.25, -0.2) is 4.98 Å². The molecular weight excluding hydrogens is 234 g/mol. The predicted molar refractivity (Wildman–Crippen MR) is 65.6 cm³/mol. The third-order valence-corrected chi connectivity index (χ3v) is 3.04. The normalized spacial score (nSPS) is 22.7. The third-order valence-electron chi connectivity index (χ3n) is 3.04. The van der Waals surface area contributed by atoms with Crippen molar-refractivity contribution in [1.82, 2.24) is 9.97 Å². The Morgan fingerprint density at radius 1 is 1.61 bits per heavy atom. The lowest BCUT2D eigenvalue weighted by Gasteiger charge is -2.12. The molecule has 2 N–H and O–H groups in total. The molecule has 6 nitrogen and oxygen atoms in total. The predicted octanol–water partition coefficient (Wildman–Crippen LogP) is 1.54. The number of aliphatic carboxylic acids is 1. The molecule has 0 radical (unpaired) electrons. The van der Waals surface area contributed by atoms with E-state index in [9.17, 15) is 4.79 Å². The number of hydrogen-bond acceptors (Lipinski definition) is 5. The van der Waals surface area contributed by atoms with Gasteiger partial charge in [0.2, 0.25) is 11.8 Å². The van der Waals surface area contributed by atoms with Crippen molar-refractivity contribution in [3.8, 4) is 5.88 Å². The number of hydrogen-bond donors (Lipinski definition) is 2. The van der Waals surface area contributed by atoms with E-state index in [1.165, 1.54) is 0 Å². The fraction of sp³-hybridized carbons (Fsp3) is 0.583. The number of nitrogens with one attached hydrogen (secondary N) is 1. The van der Waals surface area contributed by atoms with Crippen LogP contribution >= 0.6 is 0 Å². The molecule has 1 aromatic rings. The van der Waals surface area contributed by atoms with Gasteiger partial charge in [0.1, 0.15) is 0 Å². The zero-order valence-corrected chi connectivity index (χ0v) is 10.3. The molecule has 1 heterocycles. The van der Waals surface area contributed by atoms with Gasteiger partial charge in [-0.3, -0.25) is 4.79 Å². The van der Waals surface area contributed by atoms with Crippen molar-refractivity contribution in [2.75, 3.05) is 11.9 Å². The standard InChI is InChI=1S/C12H17N3O3/c1-2-18-10-5-6-13-12(15-10)14-9-4-3-8(7-9)11(16)17/h5-6,8-9H,2-4,7H2,1H3,(H,16,17)(H,13,14,15). The number of carbonyl (C=O) groups is 1. The number of rotatable bonds is 5. The van der Waals surface area contributed by atoms with Gasteiger partial charge < -0.3 is 15.2 Å². The van der Waals surface area contributed by atoms with E-state index in [2.05, 4.69) is 15.3 Å². The maximum absolute atomic E-state index is 10.9. The highest BCUT2D eigenvalue weighted by Crippen LogP contribution is 2.27. The van der Waals surface area contributed by atoms with Gasteiger partial charge in [0, 0.05) is 18.3 Å². The van der Waals surface area contributed by atoms with E-state index in [1.54, 1.807) is 12.3 Å². The smallest absolute Gasteiger partial charge is 0.306 e. The van der Waals surface area contributed by atoms with Gasteiger partial charge in [0.15, 0.2) is 0 Å². The van der Waals surface area contributed by atoms with Crippen molar-refractivity contribution in [2.45, 2.75) is 32.2 Å². The minimum Gasteiger partial charge on any atom is -0.481 e. The highest BCUT2D eigenvalue weighted by Gasteiger charge is 2.29. The highest BCUT2D eigenvalue weighted by atomic mass is 16.5. The molecule has 1 aliphatic carbocycles. The molecule has 0 aliphatic heterocycles. The molecule has 1 aromatic heterocycles. The first-order valence-electron chi connectivity index (χ1n) is 6.14. The number of nitrogens with zero attached hydrogens (tertiary/aromatic N) is 2. The fourth-order valence-corrected chi connectivity index (χ4v) is 2.16. The van der Waals surface area contributed by atoms with Gasteiger partial charge in [-0.05, 0) is 26.2 Å². The summed E-state index contributed by atoms with van der Waals surface area (Å²) in [5.74, 6) is 0.0561. The summed E-state index contributed by atoms with van der Waals surface area (Å²) < 4.78 is 5.29. The van der Waals surface area contributed by atoms with Crippen LogP contribution in [0.5, 0.6) is 5.88 Å². The number of carboxylic acid groups (broad SMARTS) is 1. The number of anilines is 1.